The number of aliphatic imine (C=N–C) groups is 1. The Bertz CT molecular complexity index is 862. The summed E-state index contributed by atoms with van der Waals surface area (Å²) in [4.78, 5) is 42.7. The summed E-state index contributed by atoms with van der Waals surface area (Å²) < 4.78 is 5.10. The lowest BCUT2D eigenvalue weighted by Crippen LogP contribution is -2.45. The number of nitrogens with zero attached hydrogens (tertiary/aromatic N) is 4. The van der Waals surface area contributed by atoms with Crippen LogP contribution in [0.2, 0.25) is 0 Å². The van der Waals surface area contributed by atoms with Crippen molar-refractivity contribution in [3.05, 3.63) is 39.9 Å². The number of likely N-dealkylation sites (N-methyl/N-ethyl adjacent to an activating group) is 1. The standard InChI is InChI=1S/C20H27N5O5S/c1-13(22-20(27)30-12-14-3-5-16(6-4-14)25(28)29)21-15-7-8-24(10-15)19(26)18-9-17(31)11-23(18)2/h3-6,15,17-18,31H,7-12H2,1-2H3,(H,21,22,27)/t15-,17-,18-/m0/s1. The predicted molar refractivity (Wildman–Crippen MR) is 118 cm³/mol. The zero-order valence-electron chi connectivity index (χ0n) is 17.6. The molecule has 2 heterocycles. The minimum Gasteiger partial charge on any atom is -0.443 e. The number of ether oxygens (including phenoxy) is 1. The van der Waals surface area contributed by atoms with Gasteiger partial charge in [0.05, 0.1) is 11.0 Å². The third kappa shape index (κ3) is 6.17. The van der Waals surface area contributed by atoms with Crippen molar-refractivity contribution < 1.29 is 19.2 Å². The molecule has 0 aromatic heterocycles. The molecule has 0 unspecified atom stereocenters. The number of rotatable bonds is 5. The van der Waals surface area contributed by atoms with Crippen molar-refractivity contribution in [2.24, 2.45) is 4.99 Å². The van der Waals surface area contributed by atoms with E-state index in [1.165, 1.54) is 24.3 Å². The molecule has 2 fully saturated rings. The van der Waals surface area contributed by atoms with E-state index in [0.717, 1.165) is 19.4 Å². The Morgan fingerprint density at radius 3 is 2.65 bits per heavy atom. The van der Waals surface area contributed by atoms with E-state index in [4.69, 9.17) is 4.74 Å². The molecule has 0 aliphatic carbocycles. The molecule has 3 atom stereocenters. The number of hydrogen-bond donors (Lipinski definition) is 2. The topological polar surface area (TPSA) is 117 Å². The molecule has 1 N–H and O–H groups in total. The Kier molecular flexibility index (Phi) is 7.50. The minimum absolute atomic E-state index is 0.0219. The van der Waals surface area contributed by atoms with Gasteiger partial charge in [-0.2, -0.15) is 17.6 Å². The molecule has 11 heteroatoms. The fraction of sp³-hybridized carbons (Fsp3) is 0.550. The van der Waals surface area contributed by atoms with Crippen LogP contribution in [-0.2, 0) is 16.1 Å². The fourth-order valence-electron chi connectivity index (χ4n) is 3.91. The maximum Gasteiger partial charge on any atom is 0.435 e. The van der Waals surface area contributed by atoms with Crippen molar-refractivity contribution in [1.82, 2.24) is 15.1 Å². The van der Waals surface area contributed by atoms with Crippen LogP contribution in [0.4, 0.5) is 10.5 Å². The van der Waals surface area contributed by atoms with Crippen LogP contribution in [0, 0.1) is 10.1 Å². The number of nitrogens with one attached hydrogen (secondary N) is 1. The van der Waals surface area contributed by atoms with E-state index < -0.39 is 11.0 Å². The molecule has 0 bridgehead atoms. The number of carbonyl (C=O) groups is 2. The van der Waals surface area contributed by atoms with Crippen molar-refractivity contribution in [2.75, 3.05) is 26.7 Å². The number of hydrogen-bond acceptors (Lipinski definition) is 7. The number of amidine groups is 1. The van der Waals surface area contributed by atoms with Crippen LogP contribution in [-0.4, -0.2) is 76.6 Å². The van der Waals surface area contributed by atoms with Crippen LogP contribution in [0.15, 0.2) is 29.3 Å². The molecule has 0 radical (unpaired) electrons. The largest absolute Gasteiger partial charge is 0.443 e. The third-order valence-corrected chi connectivity index (χ3v) is 5.87. The lowest BCUT2D eigenvalue weighted by molar-refractivity contribution is -0.384. The Morgan fingerprint density at radius 2 is 2.03 bits per heavy atom. The Hall–Kier alpha value is -2.66. The minimum atomic E-state index is -0.748. The summed E-state index contributed by atoms with van der Waals surface area (Å²) in [5, 5.41) is 14.1. The van der Waals surface area contributed by atoms with Crippen molar-refractivity contribution in [3.63, 3.8) is 0 Å². The number of amides is 2. The maximum absolute atomic E-state index is 12.8. The molecule has 2 amide bonds. The molecule has 168 valence electrons. The molecule has 31 heavy (non-hydrogen) atoms. The highest BCUT2D eigenvalue weighted by atomic mass is 32.1. The summed E-state index contributed by atoms with van der Waals surface area (Å²) in [7, 11) is 1.95. The quantitative estimate of drug-likeness (QED) is 0.232. The molecule has 2 saturated heterocycles. The lowest BCUT2D eigenvalue weighted by atomic mass is 10.2. The van der Waals surface area contributed by atoms with Crippen molar-refractivity contribution in [1.29, 1.82) is 0 Å². The van der Waals surface area contributed by atoms with E-state index in [9.17, 15) is 19.7 Å². The molecule has 10 nitrogen and oxygen atoms in total. The van der Waals surface area contributed by atoms with Crippen LogP contribution >= 0.6 is 12.6 Å². The molecule has 2 aliphatic rings. The highest BCUT2D eigenvalue weighted by Gasteiger charge is 2.37. The first kappa shape index (κ1) is 23.0. The maximum atomic E-state index is 12.8. The average molecular weight is 450 g/mol. The van der Waals surface area contributed by atoms with Crippen LogP contribution in [0.1, 0.15) is 25.3 Å². The third-order valence-electron chi connectivity index (χ3n) is 5.49. The molecule has 2 aliphatic heterocycles. The normalized spacial score (nSPS) is 24.3. The van der Waals surface area contributed by atoms with Gasteiger partial charge in [-0.15, -0.1) is 0 Å². The van der Waals surface area contributed by atoms with Gasteiger partial charge in [-0.05, 0) is 44.5 Å². The van der Waals surface area contributed by atoms with E-state index in [0.29, 0.717) is 24.5 Å². The molecule has 1 aromatic carbocycles. The highest BCUT2D eigenvalue weighted by molar-refractivity contribution is 7.81. The van der Waals surface area contributed by atoms with Gasteiger partial charge in [0.1, 0.15) is 12.4 Å². The zero-order valence-corrected chi connectivity index (χ0v) is 18.5. The van der Waals surface area contributed by atoms with Crippen molar-refractivity contribution in [3.8, 4) is 0 Å². The highest BCUT2D eigenvalue weighted by Crippen LogP contribution is 2.23. The molecule has 0 saturated carbocycles. The Balaban J connectivity index is 1.44. The summed E-state index contributed by atoms with van der Waals surface area (Å²) >= 11 is 4.48. The summed E-state index contributed by atoms with van der Waals surface area (Å²) in [6, 6.07) is 5.67. The smallest absolute Gasteiger partial charge is 0.435 e. The van der Waals surface area contributed by atoms with E-state index in [1.54, 1.807) is 6.92 Å². The summed E-state index contributed by atoms with van der Waals surface area (Å²) in [5.41, 5.74) is 0.604. The fourth-order valence-corrected chi connectivity index (χ4v) is 4.36. The van der Waals surface area contributed by atoms with Crippen LogP contribution < -0.4 is 5.32 Å². The number of nitro groups is 1. The zero-order chi connectivity index (χ0) is 22.5. The van der Waals surface area contributed by atoms with Gasteiger partial charge in [-0.1, -0.05) is 0 Å². The number of thiol groups is 1. The summed E-state index contributed by atoms with van der Waals surface area (Å²) in [5.74, 6) is 0.543. The number of benzene rings is 1. The molecular formula is C20H27N5O5S. The van der Waals surface area contributed by atoms with E-state index in [2.05, 4.69) is 27.8 Å². The van der Waals surface area contributed by atoms with Crippen LogP contribution in [0.25, 0.3) is 0 Å². The number of non-ortho nitro benzene ring substituents is 1. The molecule has 0 spiro atoms. The first-order valence-corrected chi connectivity index (χ1v) is 10.6. The molecule has 1 aromatic rings. The van der Waals surface area contributed by atoms with Gasteiger partial charge in [-0.3, -0.25) is 19.8 Å². The van der Waals surface area contributed by atoms with Gasteiger partial charge in [0.2, 0.25) is 5.91 Å². The molecule has 3 rings (SSSR count). The second-order valence-corrected chi connectivity index (χ2v) is 8.66. The monoisotopic (exact) mass is 449 g/mol. The van der Waals surface area contributed by atoms with Crippen molar-refractivity contribution in [2.45, 2.75) is 43.7 Å². The van der Waals surface area contributed by atoms with E-state index in [1.807, 2.05) is 11.9 Å². The number of carbonyl (C=O) groups excluding carboxylic acids is 2. The predicted octanol–water partition coefficient (Wildman–Crippen LogP) is 1.84. The number of likely N-dealkylation sites (tertiary alicyclic amines) is 2. The second-order valence-electron chi connectivity index (χ2n) is 7.93. The summed E-state index contributed by atoms with van der Waals surface area (Å²) in [6.07, 6.45) is 0.785. The first-order valence-electron chi connectivity index (χ1n) is 10.1. The van der Waals surface area contributed by atoms with E-state index >= 15 is 0 Å². The van der Waals surface area contributed by atoms with Gasteiger partial charge >= 0.3 is 6.09 Å². The van der Waals surface area contributed by atoms with Crippen LogP contribution in [0.3, 0.4) is 0 Å². The van der Waals surface area contributed by atoms with E-state index in [-0.39, 0.29) is 35.5 Å². The lowest BCUT2D eigenvalue weighted by Gasteiger charge is -2.25. The van der Waals surface area contributed by atoms with Gasteiger partial charge in [0.15, 0.2) is 0 Å². The van der Waals surface area contributed by atoms with Crippen molar-refractivity contribution >= 4 is 36.2 Å². The average Bonchev–Trinajstić information content (AvgIpc) is 3.31. The Morgan fingerprint density at radius 1 is 1.32 bits per heavy atom. The Labute approximate surface area is 186 Å². The van der Waals surface area contributed by atoms with Crippen LogP contribution in [0.5, 0.6) is 0 Å². The second kappa shape index (κ2) is 10.1. The van der Waals surface area contributed by atoms with Gasteiger partial charge in [0, 0.05) is 43.1 Å². The first-order chi connectivity index (χ1) is 14.7. The van der Waals surface area contributed by atoms with Gasteiger partial charge in [0.25, 0.3) is 5.69 Å². The SMILES string of the molecule is CC(=NC(=O)OCc1ccc([N+](=O)[O-])cc1)N[C@H]1CCN(C(=O)[C@@H]2C[C@H](S)CN2C)C1. The summed E-state index contributed by atoms with van der Waals surface area (Å²) in [6.45, 7) is 3.68. The van der Waals surface area contributed by atoms with Gasteiger partial charge < -0.3 is 15.0 Å². The number of nitro benzene ring substituents is 1. The molecular weight excluding hydrogens is 422 g/mol. The van der Waals surface area contributed by atoms with Gasteiger partial charge in [-0.25, -0.2) is 4.79 Å².